The lowest BCUT2D eigenvalue weighted by molar-refractivity contribution is -0.137. The largest absolute Gasteiger partial charge is 0.417 e. The predicted octanol–water partition coefficient (Wildman–Crippen LogP) is 4.52. The third-order valence-electron chi connectivity index (χ3n) is 3.56. The molecule has 2 rings (SSSR count). The molecule has 1 nitrogen and oxygen atoms in total. The van der Waals surface area contributed by atoms with E-state index in [2.05, 4.69) is 18.7 Å². The van der Waals surface area contributed by atoms with E-state index >= 15 is 0 Å². The third-order valence-corrected chi connectivity index (χ3v) is 3.99. The summed E-state index contributed by atoms with van der Waals surface area (Å²) in [5.74, 6) is 0. The fourth-order valence-corrected chi connectivity index (χ4v) is 2.73. The quantitative estimate of drug-likeness (QED) is 0.768. The van der Waals surface area contributed by atoms with Crippen LogP contribution in [-0.2, 0) is 12.6 Å². The van der Waals surface area contributed by atoms with Gasteiger partial charge in [-0.05, 0) is 37.5 Å². The average Bonchev–Trinajstić information content (AvgIpc) is 2.71. The van der Waals surface area contributed by atoms with Crippen molar-refractivity contribution in [3.63, 3.8) is 0 Å². The molecule has 0 radical (unpaired) electrons. The molecule has 0 aromatic heterocycles. The standard InChI is InChI=1S/C13H15ClF3N/c1-3-8(2)18-7-6-9-11(18)5-4-10(12(9)14)13(15,16)17/h4-5,8H,3,6-7H2,1-2H3. The smallest absolute Gasteiger partial charge is 0.368 e. The van der Waals surface area contributed by atoms with Crippen LogP contribution in [0.1, 0.15) is 31.4 Å². The van der Waals surface area contributed by atoms with Gasteiger partial charge in [-0.3, -0.25) is 0 Å². The lowest BCUT2D eigenvalue weighted by Crippen LogP contribution is -2.30. The van der Waals surface area contributed by atoms with Gasteiger partial charge in [-0.25, -0.2) is 0 Å². The summed E-state index contributed by atoms with van der Waals surface area (Å²) in [6.45, 7) is 4.88. The lowest BCUT2D eigenvalue weighted by Gasteiger charge is -2.26. The lowest BCUT2D eigenvalue weighted by atomic mass is 10.1. The van der Waals surface area contributed by atoms with Crippen molar-refractivity contribution in [2.24, 2.45) is 0 Å². The summed E-state index contributed by atoms with van der Waals surface area (Å²) in [6.07, 6.45) is -2.84. The predicted molar refractivity (Wildman–Crippen MR) is 67.3 cm³/mol. The number of alkyl halides is 3. The molecule has 1 heterocycles. The number of hydrogen-bond acceptors (Lipinski definition) is 1. The van der Waals surface area contributed by atoms with E-state index in [9.17, 15) is 13.2 Å². The highest BCUT2D eigenvalue weighted by Crippen LogP contribution is 2.42. The van der Waals surface area contributed by atoms with Crippen LogP contribution in [0, 0.1) is 0 Å². The zero-order chi connectivity index (χ0) is 13.5. The molecule has 0 spiro atoms. The molecule has 1 atom stereocenters. The Morgan fingerprint density at radius 2 is 2.06 bits per heavy atom. The molecule has 0 fully saturated rings. The van der Waals surface area contributed by atoms with E-state index in [-0.39, 0.29) is 5.02 Å². The first kappa shape index (κ1) is 13.5. The van der Waals surface area contributed by atoms with Gasteiger partial charge in [-0.2, -0.15) is 13.2 Å². The number of nitrogens with zero attached hydrogens (tertiary/aromatic N) is 1. The van der Waals surface area contributed by atoms with Gasteiger partial charge in [0.05, 0.1) is 10.6 Å². The van der Waals surface area contributed by atoms with E-state index in [4.69, 9.17) is 11.6 Å². The second kappa shape index (κ2) is 4.65. The number of hydrogen-bond donors (Lipinski definition) is 0. The normalized spacial score (nSPS) is 16.9. The second-order valence-electron chi connectivity index (χ2n) is 4.62. The summed E-state index contributed by atoms with van der Waals surface area (Å²) in [7, 11) is 0. The van der Waals surface area contributed by atoms with Crippen molar-refractivity contribution in [2.45, 2.75) is 38.9 Å². The van der Waals surface area contributed by atoms with E-state index in [1.165, 1.54) is 0 Å². The number of benzene rings is 1. The summed E-state index contributed by atoms with van der Waals surface area (Å²) in [5, 5.41) is -0.134. The van der Waals surface area contributed by atoms with E-state index < -0.39 is 11.7 Å². The molecule has 0 amide bonds. The molecule has 100 valence electrons. The zero-order valence-corrected chi connectivity index (χ0v) is 11.1. The van der Waals surface area contributed by atoms with Gasteiger partial charge in [0.15, 0.2) is 0 Å². The Bertz CT molecular complexity index is 456. The van der Waals surface area contributed by atoms with Crippen LogP contribution in [0.3, 0.4) is 0 Å². The van der Waals surface area contributed by atoms with Gasteiger partial charge in [0.25, 0.3) is 0 Å². The fraction of sp³-hybridized carbons (Fsp3) is 0.538. The fourth-order valence-electron chi connectivity index (χ4n) is 2.37. The van der Waals surface area contributed by atoms with Gasteiger partial charge >= 0.3 is 6.18 Å². The number of rotatable bonds is 2. The highest BCUT2D eigenvalue weighted by Gasteiger charge is 2.36. The molecule has 18 heavy (non-hydrogen) atoms. The van der Waals surface area contributed by atoms with Crippen molar-refractivity contribution in [1.82, 2.24) is 0 Å². The van der Waals surface area contributed by atoms with Crippen molar-refractivity contribution < 1.29 is 13.2 Å². The monoisotopic (exact) mass is 277 g/mol. The van der Waals surface area contributed by atoms with Crippen molar-refractivity contribution in [1.29, 1.82) is 0 Å². The minimum Gasteiger partial charge on any atom is -0.368 e. The Hall–Kier alpha value is -0.900. The second-order valence-corrected chi connectivity index (χ2v) is 5.00. The van der Waals surface area contributed by atoms with Gasteiger partial charge in [-0.15, -0.1) is 0 Å². The Morgan fingerprint density at radius 1 is 1.39 bits per heavy atom. The van der Waals surface area contributed by atoms with Crippen LogP contribution in [-0.4, -0.2) is 12.6 Å². The Kier molecular flexibility index (Phi) is 3.49. The molecule has 5 heteroatoms. The minimum absolute atomic E-state index is 0.134. The molecule has 1 aromatic rings. The minimum atomic E-state index is -4.38. The van der Waals surface area contributed by atoms with Crippen LogP contribution in [0.5, 0.6) is 0 Å². The molecular formula is C13H15ClF3N. The maximum absolute atomic E-state index is 12.7. The first-order valence-electron chi connectivity index (χ1n) is 6.01. The SMILES string of the molecule is CCC(C)N1CCc2c1ccc(C(F)(F)F)c2Cl. The molecule has 1 aromatic carbocycles. The first-order chi connectivity index (χ1) is 8.36. The highest BCUT2D eigenvalue weighted by atomic mass is 35.5. The third kappa shape index (κ3) is 2.18. The van der Waals surface area contributed by atoms with E-state index in [1.54, 1.807) is 6.07 Å². The van der Waals surface area contributed by atoms with Crippen LogP contribution in [0.25, 0.3) is 0 Å². The summed E-state index contributed by atoms with van der Waals surface area (Å²) >= 11 is 5.91. The Labute approximate surface area is 110 Å². The number of halogens is 4. The van der Waals surface area contributed by atoms with E-state index in [1.807, 2.05) is 0 Å². The zero-order valence-electron chi connectivity index (χ0n) is 10.3. The maximum Gasteiger partial charge on any atom is 0.417 e. The highest BCUT2D eigenvalue weighted by molar-refractivity contribution is 6.32. The molecule has 0 saturated heterocycles. The van der Waals surface area contributed by atoms with E-state index in [0.717, 1.165) is 24.7 Å². The molecule has 0 aliphatic carbocycles. The Balaban J connectivity index is 2.44. The van der Waals surface area contributed by atoms with Crippen molar-refractivity contribution in [3.05, 3.63) is 28.3 Å². The summed E-state index contributed by atoms with van der Waals surface area (Å²) < 4.78 is 38.2. The van der Waals surface area contributed by atoms with Gasteiger partial charge in [0.2, 0.25) is 0 Å². The molecule has 0 bridgehead atoms. The van der Waals surface area contributed by atoms with Crippen LogP contribution in [0.2, 0.25) is 5.02 Å². The Morgan fingerprint density at radius 3 is 2.61 bits per heavy atom. The van der Waals surface area contributed by atoms with Gasteiger partial charge in [0.1, 0.15) is 0 Å². The molecule has 1 unspecified atom stereocenters. The maximum atomic E-state index is 12.7. The van der Waals surface area contributed by atoms with Gasteiger partial charge < -0.3 is 4.90 Å². The topological polar surface area (TPSA) is 3.24 Å². The van der Waals surface area contributed by atoms with Crippen molar-refractivity contribution >= 4 is 17.3 Å². The molecule has 1 aliphatic rings. The molecular weight excluding hydrogens is 263 g/mol. The first-order valence-corrected chi connectivity index (χ1v) is 6.39. The number of fused-ring (bicyclic) bond motifs is 1. The molecule has 1 aliphatic heterocycles. The van der Waals surface area contributed by atoms with Crippen molar-refractivity contribution in [3.8, 4) is 0 Å². The summed E-state index contributed by atoms with van der Waals surface area (Å²) in [4.78, 5) is 2.13. The molecule has 0 N–H and O–H groups in total. The van der Waals surface area contributed by atoms with Crippen LogP contribution in [0.4, 0.5) is 18.9 Å². The van der Waals surface area contributed by atoms with Crippen LogP contribution >= 0.6 is 11.6 Å². The van der Waals surface area contributed by atoms with Gasteiger partial charge in [-0.1, -0.05) is 18.5 Å². The number of anilines is 1. The van der Waals surface area contributed by atoms with Gasteiger partial charge in [0, 0.05) is 18.3 Å². The summed E-state index contributed by atoms with van der Waals surface area (Å²) in [6, 6.07) is 2.95. The van der Waals surface area contributed by atoms with Crippen LogP contribution < -0.4 is 4.90 Å². The van der Waals surface area contributed by atoms with Crippen molar-refractivity contribution in [2.75, 3.05) is 11.4 Å². The van der Waals surface area contributed by atoms with Crippen LogP contribution in [0.15, 0.2) is 12.1 Å². The van der Waals surface area contributed by atoms with E-state index in [0.29, 0.717) is 18.0 Å². The summed E-state index contributed by atoms with van der Waals surface area (Å²) in [5.41, 5.74) is 0.753. The molecule has 0 saturated carbocycles. The average molecular weight is 278 g/mol.